The maximum Gasteiger partial charge on any atom is 0.293 e. The van der Waals surface area contributed by atoms with Gasteiger partial charge < -0.3 is 14.8 Å². The van der Waals surface area contributed by atoms with Gasteiger partial charge in [0.05, 0.1) is 30.2 Å². The number of nitriles is 1. The van der Waals surface area contributed by atoms with E-state index >= 15 is 0 Å². The molecule has 7 nitrogen and oxygen atoms in total. The minimum absolute atomic E-state index is 0.134. The number of nitro groups is 1. The second-order valence-electron chi connectivity index (χ2n) is 5.09. The lowest BCUT2D eigenvalue weighted by Crippen LogP contribution is -2.23. The number of nitrogens with one attached hydrogen (secondary N) is 1. The van der Waals surface area contributed by atoms with E-state index in [0.29, 0.717) is 18.0 Å². The number of ether oxygens (including phenoxy) is 2. The summed E-state index contributed by atoms with van der Waals surface area (Å²) >= 11 is 0. The molecular weight excluding hydrogens is 310 g/mol. The predicted octanol–water partition coefficient (Wildman–Crippen LogP) is 3.35. The highest BCUT2D eigenvalue weighted by molar-refractivity contribution is 5.64. The highest BCUT2D eigenvalue weighted by Gasteiger charge is 2.15. The van der Waals surface area contributed by atoms with Crippen molar-refractivity contribution in [2.24, 2.45) is 0 Å². The van der Waals surface area contributed by atoms with Crippen molar-refractivity contribution >= 4 is 11.4 Å². The standard InChI is InChI=1S/C17H17N3O4/c1-12(24-15-6-4-14(23-2)5-7-15)11-19-16-8-3-13(10-18)9-17(16)20(21)22/h3-9,12,19H,11H2,1-2H3. The van der Waals surface area contributed by atoms with Crippen LogP contribution in [0, 0.1) is 21.4 Å². The molecule has 0 spiro atoms. The highest BCUT2D eigenvalue weighted by atomic mass is 16.6. The highest BCUT2D eigenvalue weighted by Crippen LogP contribution is 2.25. The first-order valence-electron chi connectivity index (χ1n) is 7.26. The monoisotopic (exact) mass is 327 g/mol. The van der Waals surface area contributed by atoms with E-state index < -0.39 is 4.92 Å². The third-order valence-corrected chi connectivity index (χ3v) is 3.30. The zero-order chi connectivity index (χ0) is 17.5. The van der Waals surface area contributed by atoms with Crippen LogP contribution in [0.3, 0.4) is 0 Å². The Morgan fingerprint density at radius 1 is 1.25 bits per heavy atom. The Labute approximate surface area is 139 Å². The van der Waals surface area contributed by atoms with Gasteiger partial charge in [-0.3, -0.25) is 10.1 Å². The van der Waals surface area contributed by atoms with Gasteiger partial charge >= 0.3 is 0 Å². The van der Waals surface area contributed by atoms with Crippen LogP contribution in [-0.4, -0.2) is 24.7 Å². The van der Waals surface area contributed by atoms with Crippen LogP contribution in [0.2, 0.25) is 0 Å². The number of nitrogens with zero attached hydrogens (tertiary/aromatic N) is 2. The van der Waals surface area contributed by atoms with E-state index in [1.165, 1.54) is 18.2 Å². The van der Waals surface area contributed by atoms with Gasteiger partial charge in [0.25, 0.3) is 5.69 Å². The topological polar surface area (TPSA) is 97.4 Å². The largest absolute Gasteiger partial charge is 0.497 e. The van der Waals surface area contributed by atoms with Crippen molar-refractivity contribution in [3.63, 3.8) is 0 Å². The normalized spacial score (nSPS) is 11.2. The molecule has 0 aliphatic carbocycles. The summed E-state index contributed by atoms with van der Waals surface area (Å²) in [6.07, 6.45) is -0.214. The molecule has 0 fully saturated rings. The third-order valence-electron chi connectivity index (χ3n) is 3.30. The van der Waals surface area contributed by atoms with Crippen LogP contribution in [0.5, 0.6) is 11.5 Å². The summed E-state index contributed by atoms with van der Waals surface area (Å²) in [4.78, 5) is 10.6. The fraction of sp³-hybridized carbons (Fsp3) is 0.235. The lowest BCUT2D eigenvalue weighted by molar-refractivity contribution is -0.384. The summed E-state index contributed by atoms with van der Waals surface area (Å²) < 4.78 is 10.8. The summed E-state index contributed by atoms with van der Waals surface area (Å²) in [5.41, 5.74) is 0.463. The maximum absolute atomic E-state index is 11.1. The first-order chi connectivity index (χ1) is 11.5. The van der Waals surface area contributed by atoms with Crippen molar-refractivity contribution in [3.8, 4) is 17.6 Å². The molecule has 24 heavy (non-hydrogen) atoms. The fourth-order valence-corrected chi connectivity index (χ4v) is 2.08. The van der Waals surface area contributed by atoms with Gasteiger partial charge in [-0.15, -0.1) is 0 Å². The molecule has 0 saturated carbocycles. The van der Waals surface area contributed by atoms with Crippen LogP contribution in [-0.2, 0) is 0 Å². The minimum Gasteiger partial charge on any atom is -0.497 e. The zero-order valence-electron chi connectivity index (χ0n) is 13.4. The Kier molecular flexibility index (Phi) is 5.58. The molecule has 0 aliphatic rings. The van der Waals surface area contributed by atoms with Crippen LogP contribution < -0.4 is 14.8 Å². The number of rotatable bonds is 7. The van der Waals surface area contributed by atoms with Gasteiger partial charge in [0.2, 0.25) is 0 Å². The summed E-state index contributed by atoms with van der Waals surface area (Å²) in [5, 5.41) is 22.9. The summed E-state index contributed by atoms with van der Waals surface area (Å²) in [6.45, 7) is 2.23. The van der Waals surface area contributed by atoms with Crippen molar-refractivity contribution in [1.29, 1.82) is 5.26 Å². The summed E-state index contributed by atoms with van der Waals surface area (Å²) in [5.74, 6) is 1.42. The second-order valence-corrected chi connectivity index (χ2v) is 5.09. The molecule has 2 aromatic rings. The van der Waals surface area contributed by atoms with Gasteiger partial charge in [-0.1, -0.05) is 0 Å². The average Bonchev–Trinajstić information content (AvgIpc) is 2.60. The maximum atomic E-state index is 11.1. The summed E-state index contributed by atoms with van der Waals surface area (Å²) in [7, 11) is 1.59. The van der Waals surface area contributed by atoms with Crippen LogP contribution >= 0.6 is 0 Å². The number of methoxy groups -OCH3 is 1. The van der Waals surface area contributed by atoms with E-state index in [4.69, 9.17) is 14.7 Å². The molecule has 0 aliphatic heterocycles. The Bertz CT molecular complexity index is 753. The van der Waals surface area contributed by atoms with Crippen LogP contribution in [0.4, 0.5) is 11.4 Å². The van der Waals surface area contributed by atoms with Crippen LogP contribution in [0.15, 0.2) is 42.5 Å². The van der Waals surface area contributed by atoms with Gasteiger partial charge in [-0.25, -0.2) is 0 Å². The second kappa shape index (κ2) is 7.83. The fourth-order valence-electron chi connectivity index (χ4n) is 2.08. The quantitative estimate of drug-likeness (QED) is 0.618. The Morgan fingerprint density at radius 3 is 2.50 bits per heavy atom. The molecule has 124 valence electrons. The Hall–Kier alpha value is -3.27. The molecule has 1 unspecified atom stereocenters. The van der Waals surface area contributed by atoms with Crippen LogP contribution in [0.1, 0.15) is 12.5 Å². The number of nitro benzene ring substituents is 1. The number of hydrogen-bond donors (Lipinski definition) is 1. The number of benzene rings is 2. The third kappa shape index (κ3) is 4.36. The molecular formula is C17H17N3O4. The SMILES string of the molecule is COc1ccc(OC(C)CNc2ccc(C#N)cc2[N+](=O)[O-])cc1. The van der Waals surface area contributed by atoms with E-state index in [1.54, 1.807) is 31.4 Å². The molecule has 2 rings (SSSR count). The molecule has 7 heteroatoms. The minimum atomic E-state index is -0.516. The van der Waals surface area contributed by atoms with Crippen molar-refractivity contribution < 1.29 is 14.4 Å². The molecule has 1 atom stereocenters. The van der Waals surface area contributed by atoms with E-state index in [2.05, 4.69) is 5.32 Å². The van der Waals surface area contributed by atoms with E-state index in [0.717, 1.165) is 5.75 Å². The van der Waals surface area contributed by atoms with Gasteiger partial charge in [-0.05, 0) is 43.3 Å². The van der Waals surface area contributed by atoms with Gasteiger partial charge in [0.15, 0.2) is 0 Å². The van der Waals surface area contributed by atoms with Crippen molar-refractivity contribution in [3.05, 3.63) is 58.1 Å². The first-order valence-corrected chi connectivity index (χ1v) is 7.26. The molecule has 0 radical (unpaired) electrons. The lowest BCUT2D eigenvalue weighted by Gasteiger charge is -2.16. The van der Waals surface area contributed by atoms with Gasteiger partial charge in [0, 0.05) is 6.07 Å². The van der Waals surface area contributed by atoms with Crippen LogP contribution in [0.25, 0.3) is 0 Å². The van der Waals surface area contributed by atoms with Crippen molar-refractivity contribution in [2.75, 3.05) is 19.0 Å². The summed E-state index contributed by atoms with van der Waals surface area (Å²) in [6, 6.07) is 13.4. The first kappa shape index (κ1) is 17.1. The van der Waals surface area contributed by atoms with E-state index in [-0.39, 0.29) is 17.4 Å². The Morgan fingerprint density at radius 2 is 1.92 bits per heavy atom. The molecule has 0 aromatic heterocycles. The molecule has 2 aromatic carbocycles. The van der Waals surface area contributed by atoms with E-state index in [1.807, 2.05) is 13.0 Å². The number of anilines is 1. The molecule has 0 bridgehead atoms. The van der Waals surface area contributed by atoms with Crippen molar-refractivity contribution in [2.45, 2.75) is 13.0 Å². The molecule has 0 amide bonds. The van der Waals surface area contributed by atoms with Gasteiger partial charge in [0.1, 0.15) is 23.3 Å². The number of hydrogen-bond acceptors (Lipinski definition) is 6. The Balaban J connectivity index is 1.99. The smallest absolute Gasteiger partial charge is 0.293 e. The average molecular weight is 327 g/mol. The molecule has 0 heterocycles. The molecule has 0 saturated heterocycles. The van der Waals surface area contributed by atoms with Gasteiger partial charge in [-0.2, -0.15) is 5.26 Å². The zero-order valence-corrected chi connectivity index (χ0v) is 13.4. The predicted molar refractivity (Wildman–Crippen MR) is 89.4 cm³/mol. The molecule has 1 N–H and O–H groups in total. The van der Waals surface area contributed by atoms with Crippen molar-refractivity contribution in [1.82, 2.24) is 0 Å². The lowest BCUT2D eigenvalue weighted by atomic mass is 10.2. The van der Waals surface area contributed by atoms with E-state index in [9.17, 15) is 10.1 Å².